The molecule has 0 spiro atoms. The standard InChI is InChI=1S/C21H19F3O4/c1-11-2-6-16(21(22,23)24)15-5-7-17(20(11)15)28-13-3-4-14-12(8-19(25)26)10-27-18(14)9-13/h2-4,6,9,12,17H,5,7-8,10H2,1H3,(H,25,26). The zero-order valence-corrected chi connectivity index (χ0v) is 15.2. The quantitative estimate of drug-likeness (QED) is 0.793. The van der Waals surface area contributed by atoms with Crippen molar-refractivity contribution in [3.05, 3.63) is 58.1 Å². The van der Waals surface area contributed by atoms with Gasteiger partial charge in [-0.05, 0) is 48.6 Å². The molecule has 4 rings (SSSR count). The van der Waals surface area contributed by atoms with Gasteiger partial charge in [0, 0.05) is 17.5 Å². The molecule has 2 aromatic carbocycles. The van der Waals surface area contributed by atoms with Crippen molar-refractivity contribution in [2.24, 2.45) is 0 Å². The first-order chi connectivity index (χ1) is 13.2. The van der Waals surface area contributed by atoms with E-state index in [0.29, 0.717) is 42.1 Å². The predicted octanol–water partition coefficient (Wildman–Crippen LogP) is 5.03. The lowest BCUT2D eigenvalue weighted by molar-refractivity contribution is -0.138. The first kappa shape index (κ1) is 18.7. The molecule has 0 amide bonds. The number of hydrogen-bond donors (Lipinski definition) is 1. The van der Waals surface area contributed by atoms with Crippen LogP contribution in [-0.4, -0.2) is 17.7 Å². The maximum atomic E-state index is 13.3. The molecular formula is C21H19F3O4. The van der Waals surface area contributed by atoms with E-state index in [0.717, 1.165) is 17.2 Å². The molecule has 2 atom stereocenters. The summed E-state index contributed by atoms with van der Waals surface area (Å²) in [6, 6.07) is 7.83. The smallest absolute Gasteiger partial charge is 0.416 e. The van der Waals surface area contributed by atoms with E-state index >= 15 is 0 Å². The van der Waals surface area contributed by atoms with E-state index in [2.05, 4.69) is 0 Å². The molecule has 2 aromatic rings. The fraction of sp³-hybridized carbons (Fsp3) is 0.381. The summed E-state index contributed by atoms with van der Waals surface area (Å²) >= 11 is 0. The maximum Gasteiger partial charge on any atom is 0.416 e. The summed E-state index contributed by atoms with van der Waals surface area (Å²) in [7, 11) is 0. The van der Waals surface area contributed by atoms with Gasteiger partial charge >= 0.3 is 12.1 Å². The number of aliphatic carboxylic acids is 1. The highest BCUT2D eigenvalue weighted by atomic mass is 19.4. The van der Waals surface area contributed by atoms with Crippen molar-refractivity contribution >= 4 is 5.97 Å². The van der Waals surface area contributed by atoms with E-state index in [4.69, 9.17) is 14.6 Å². The summed E-state index contributed by atoms with van der Waals surface area (Å²) < 4.78 is 51.5. The normalized spacial score (nSPS) is 20.4. The Morgan fingerprint density at radius 2 is 2.07 bits per heavy atom. The van der Waals surface area contributed by atoms with Crippen LogP contribution < -0.4 is 9.47 Å². The van der Waals surface area contributed by atoms with Gasteiger partial charge in [-0.25, -0.2) is 0 Å². The van der Waals surface area contributed by atoms with Gasteiger partial charge < -0.3 is 14.6 Å². The molecule has 1 aliphatic heterocycles. The van der Waals surface area contributed by atoms with E-state index in [1.807, 2.05) is 0 Å². The molecule has 7 heteroatoms. The van der Waals surface area contributed by atoms with Crippen molar-refractivity contribution in [3.8, 4) is 11.5 Å². The number of alkyl halides is 3. The van der Waals surface area contributed by atoms with Crippen LogP contribution in [0.4, 0.5) is 13.2 Å². The van der Waals surface area contributed by atoms with Crippen molar-refractivity contribution in [2.75, 3.05) is 6.61 Å². The number of ether oxygens (including phenoxy) is 2. The van der Waals surface area contributed by atoms with Gasteiger partial charge in [-0.3, -0.25) is 4.79 Å². The number of carbonyl (C=O) groups is 1. The SMILES string of the molecule is Cc1ccc(C(F)(F)F)c2c1C(Oc1ccc3c(c1)OCC3CC(=O)O)CC2. The third kappa shape index (κ3) is 3.30. The molecule has 0 saturated carbocycles. The minimum absolute atomic E-state index is 0.0113. The van der Waals surface area contributed by atoms with Crippen molar-refractivity contribution in [2.45, 2.75) is 44.4 Å². The maximum absolute atomic E-state index is 13.3. The van der Waals surface area contributed by atoms with Crippen molar-refractivity contribution in [3.63, 3.8) is 0 Å². The monoisotopic (exact) mass is 392 g/mol. The number of aryl methyl sites for hydroxylation is 1. The number of rotatable bonds is 4. The molecule has 28 heavy (non-hydrogen) atoms. The molecule has 0 fully saturated rings. The van der Waals surface area contributed by atoms with Crippen LogP contribution in [0.2, 0.25) is 0 Å². The van der Waals surface area contributed by atoms with Crippen LogP contribution in [0.5, 0.6) is 11.5 Å². The first-order valence-electron chi connectivity index (χ1n) is 9.09. The Hall–Kier alpha value is -2.70. The topological polar surface area (TPSA) is 55.8 Å². The van der Waals surface area contributed by atoms with E-state index in [1.165, 1.54) is 6.07 Å². The molecule has 0 bridgehead atoms. The second-order valence-electron chi connectivity index (χ2n) is 7.27. The van der Waals surface area contributed by atoms with Gasteiger partial charge in [0.1, 0.15) is 17.6 Å². The summed E-state index contributed by atoms with van der Waals surface area (Å²) in [4.78, 5) is 10.9. The van der Waals surface area contributed by atoms with Gasteiger partial charge in [0.2, 0.25) is 0 Å². The van der Waals surface area contributed by atoms with Crippen LogP contribution in [-0.2, 0) is 17.4 Å². The predicted molar refractivity (Wildman–Crippen MR) is 94.8 cm³/mol. The molecule has 2 unspecified atom stereocenters. The molecule has 4 nitrogen and oxygen atoms in total. The fourth-order valence-electron chi connectivity index (χ4n) is 4.18. The van der Waals surface area contributed by atoms with Gasteiger partial charge in [0.25, 0.3) is 0 Å². The van der Waals surface area contributed by atoms with Crippen LogP contribution >= 0.6 is 0 Å². The molecule has 1 heterocycles. The Bertz CT molecular complexity index is 936. The highest BCUT2D eigenvalue weighted by Gasteiger charge is 2.38. The van der Waals surface area contributed by atoms with E-state index in [1.54, 1.807) is 25.1 Å². The molecule has 1 aliphatic carbocycles. The highest BCUT2D eigenvalue weighted by Crippen LogP contribution is 2.45. The number of hydrogen-bond acceptors (Lipinski definition) is 3. The Morgan fingerprint density at radius 1 is 1.29 bits per heavy atom. The number of halogens is 3. The molecule has 0 saturated heterocycles. The van der Waals surface area contributed by atoms with Crippen LogP contribution in [0, 0.1) is 6.92 Å². The molecule has 1 N–H and O–H groups in total. The highest BCUT2D eigenvalue weighted by molar-refractivity contribution is 5.68. The van der Waals surface area contributed by atoms with Crippen LogP contribution in [0.25, 0.3) is 0 Å². The average molecular weight is 392 g/mol. The van der Waals surface area contributed by atoms with E-state index in [-0.39, 0.29) is 12.3 Å². The number of carboxylic acid groups (broad SMARTS) is 1. The third-order valence-electron chi connectivity index (χ3n) is 5.42. The van der Waals surface area contributed by atoms with E-state index < -0.39 is 23.8 Å². The van der Waals surface area contributed by atoms with Crippen molar-refractivity contribution in [1.29, 1.82) is 0 Å². The fourth-order valence-corrected chi connectivity index (χ4v) is 4.18. The Morgan fingerprint density at radius 3 is 2.79 bits per heavy atom. The molecule has 148 valence electrons. The van der Waals surface area contributed by atoms with Gasteiger partial charge in [-0.15, -0.1) is 0 Å². The summed E-state index contributed by atoms with van der Waals surface area (Å²) in [5.41, 5.74) is 1.94. The van der Waals surface area contributed by atoms with Crippen molar-refractivity contribution < 1.29 is 32.5 Å². The molecule has 0 radical (unpaired) electrons. The van der Waals surface area contributed by atoms with Gasteiger partial charge in [0.05, 0.1) is 18.6 Å². The summed E-state index contributed by atoms with van der Waals surface area (Å²) in [6.07, 6.45) is -4.05. The van der Waals surface area contributed by atoms with Gasteiger partial charge in [-0.1, -0.05) is 12.1 Å². The average Bonchev–Trinajstić information content (AvgIpc) is 3.19. The Kier molecular flexibility index (Phi) is 4.48. The number of fused-ring (bicyclic) bond motifs is 2. The van der Waals surface area contributed by atoms with Gasteiger partial charge in [-0.2, -0.15) is 13.2 Å². The summed E-state index contributed by atoms with van der Waals surface area (Å²) in [6.45, 7) is 2.09. The minimum atomic E-state index is -4.38. The lowest BCUT2D eigenvalue weighted by atomic mass is 9.97. The third-order valence-corrected chi connectivity index (χ3v) is 5.42. The van der Waals surface area contributed by atoms with Gasteiger partial charge in [0.15, 0.2) is 0 Å². The van der Waals surface area contributed by atoms with E-state index in [9.17, 15) is 18.0 Å². The van der Waals surface area contributed by atoms with Crippen LogP contribution in [0.1, 0.15) is 52.7 Å². The lowest BCUT2D eigenvalue weighted by Gasteiger charge is -2.19. The van der Waals surface area contributed by atoms with Crippen LogP contribution in [0.3, 0.4) is 0 Å². The minimum Gasteiger partial charge on any atom is -0.492 e. The number of benzene rings is 2. The Balaban J connectivity index is 1.59. The zero-order valence-electron chi connectivity index (χ0n) is 15.2. The summed E-state index contributed by atoms with van der Waals surface area (Å²) in [5, 5.41) is 8.98. The second-order valence-corrected chi connectivity index (χ2v) is 7.27. The zero-order chi connectivity index (χ0) is 20.1. The Labute approximate surface area is 159 Å². The second kappa shape index (κ2) is 6.72. The molecule has 0 aromatic heterocycles. The number of carboxylic acids is 1. The first-order valence-corrected chi connectivity index (χ1v) is 9.09. The lowest BCUT2D eigenvalue weighted by Crippen LogP contribution is -2.11. The molecule has 2 aliphatic rings. The van der Waals surface area contributed by atoms with Crippen LogP contribution in [0.15, 0.2) is 30.3 Å². The largest absolute Gasteiger partial charge is 0.492 e. The molecular weight excluding hydrogens is 373 g/mol. The van der Waals surface area contributed by atoms with Crippen molar-refractivity contribution in [1.82, 2.24) is 0 Å². The summed E-state index contributed by atoms with van der Waals surface area (Å²) in [5.74, 6) is -0.0160.